The third kappa shape index (κ3) is 5.77. The van der Waals surface area contributed by atoms with Gasteiger partial charge in [0.05, 0.1) is 6.04 Å². The number of anilines is 2. The van der Waals surface area contributed by atoms with Gasteiger partial charge in [-0.25, -0.2) is 0 Å². The second-order valence-corrected chi connectivity index (χ2v) is 14.4. The molecule has 10 rings (SSSR count). The van der Waals surface area contributed by atoms with Gasteiger partial charge in [-0.15, -0.1) is 0 Å². The molecule has 0 fully saturated rings. The fraction of sp³-hybridized carbons (Fsp3) is 0.0769. The van der Waals surface area contributed by atoms with Crippen LogP contribution in [0.1, 0.15) is 34.8 Å². The van der Waals surface area contributed by atoms with Gasteiger partial charge in [0.25, 0.3) is 0 Å². The summed E-state index contributed by atoms with van der Waals surface area (Å²) < 4.78 is 6.83. The van der Waals surface area contributed by atoms with Crippen molar-refractivity contribution in [3.8, 4) is 22.3 Å². The molecule has 2 heteroatoms. The van der Waals surface area contributed by atoms with Crippen LogP contribution in [0.25, 0.3) is 50.4 Å². The predicted molar refractivity (Wildman–Crippen MR) is 226 cm³/mol. The lowest BCUT2D eigenvalue weighted by Crippen LogP contribution is -2.30. The highest BCUT2D eigenvalue weighted by atomic mass is 16.3. The number of rotatable bonds is 7. The van der Waals surface area contributed by atoms with Crippen molar-refractivity contribution in [3.05, 3.63) is 223 Å². The molecule has 0 spiro atoms. The van der Waals surface area contributed by atoms with E-state index < -0.39 is 0 Å². The zero-order chi connectivity index (χ0) is 35.8. The Morgan fingerprint density at radius 2 is 1.20 bits per heavy atom. The van der Waals surface area contributed by atoms with Crippen molar-refractivity contribution in [2.45, 2.75) is 18.4 Å². The van der Waals surface area contributed by atoms with Crippen molar-refractivity contribution in [1.82, 2.24) is 0 Å². The molecular formula is C52H39NO. The maximum absolute atomic E-state index is 6.83. The summed E-state index contributed by atoms with van der Waals surface area (Å²) in [7, 11) is 0. The predicted octanol–water partition coefficient (Wildman–Crippen LogP) is 13.7. The van der Waals surface area contributed by atoms with E-state index in [-0.39, 0.29) is 17.9 Å². The summed E-state index contributed by atoms with van der Waals surface area (Å²) in [5, 5.41) is 1.16. The molecule has 0 N–H and O–H groups in total. The minimum Gasteiger partial charge on any atom is -0.459 e. The summed E-state index contributed by atoms with van der Waals surface area (Å²) in [6, 6.07) is 56.9. The third-order valence-electron chi connectivity index (χ3n) is 11.2. The summed E-state index contributed by atoms with van der Waals surface area (Å²) in [5.41, 5.74) is 14.3. The molecule has 1 heterocycles. The molecule has 3 atom stereocenters. The van der Waals surface area contributed by atoms with Crippen molar-refractivity contribution < 1.29 is 4.42 Å². The normalized spacial score (nSPS) is 18.5. The van der Waals surface area contributed by atoms with Crippen LogP contribution in [0.2, 0.25) is 0 Å². The average Bonchev–Trinajstić information content (AvgIpc) is 3.64. The van der Waals surface area contributed by atoms with E-state index in [1.165, 1.54) is 55.9 Å². The lowest BCUT2D eigenvalue weighted by Gasteiger charge is -2.34. The quantitative estimate of drug-likeness (QED) is 0.165. The number of nitrogens with zero attached hydrogens (tertiary/aromatic N) is 1. The van der Waals surface area contributed by atoms with Gasteiger partial charge in [0.15, 0.2) is 0 Å². The first kappa shape index (κ1) is 32.0. The van der Waals surface area contributed by atoms with Crippen LogP contribution in [0.4, 0.5) is 11.4 Å². The summed E-state index contributed by atoms with van der Waals surface area (Å²) in [4.78, 5) is 2.51. The third-order valence-corrected chi connectivity index (χ3v) is 11.2. The van der Waals surface area contributed by atoms with Gasteiger partial charge in [0.2, 0.25) is 0 Å². The van der Waals surface area contributed by atoms with Crippen LogP contribution in [-0.4, -0.2) is 6.04 Å². The van der Waals surface area contributed by atoms with Gasteiger partial charge in [-0.1, -0.05) is 176 Å². The SMILES string of the molecule is C1=CC2C(c3ccc(N(c4cccc(-c5ccccc5)c4)C4C=C(c5ccccc5)C=CC4)cc3)=Cc3c(oc4c(-c5ccccc5)cccc34)C2C=C1. The Morgan fingerprint density at radius 1 is 0.537 bits per heavy atom. The van der Waals surface area contributed by atoms with Crippen LogP contribution < -0.4 is 4.90 Å². The number of hydrogen-bond acceptors (Lipinski definition) is 2. The summed E-state index contributed by atoms with van der Waals surface area (Å²) in [6.45, 7) is 0. The monoisotopic (exact) mass is 693 g/mol. The molecule has 54 heavy (non-hydrogen) atoms. The maximum atomic E-state index is 6.83. The van der Waals surface area contributed by atoms with Crippen molar-refractivity contribution in [2.24, 2.45) is 5.92 Å². The van der Waals surface area contributed by atoms with Crippen LogP contribution in [0.5, 0.6) is 0 Å². The van der Waals surface area contributed by atoms with Crippen molar-refractivity contribution in [1.29, 1.82) is 0 Å². The van der Waals surface area contributed by atoms with Crippen molar-refractivity contribution >= 4 is 39.6 Å². The van der Waals surface area contributed by atoms with Gasteiger partial charge in [-0.05, 0) is 75.7 Å². The van der Waals surface area contributed by atoms with Gasteiger partial charge >= 0.3 is 0 Å². The number of furan rings is 1. The van der Waals surface area contributed by atoms with Crippen LogP contribution >= 0.6 is 0 Å². The number of fused-ring (bicyclic) bond motifs is 5. The molecule has 0 radical (unpaired) electrons. The highest BCUT2D eigenvalue weighted by Gasteiger charge is 2.35. The van der Waals surface area contributed by atoms with Crippen molar-refractivity contribution in [3.63, 3.8) is 0 Å². The highest BCUT2D eigenvalue weighted by Crippen LogP contribution is 2.50. The van der Waals surface area contributed by atoms with Crippen LogP contribution in [0, 0.1) is 5.92 Å². The lowest BCUT2D eigenvalue weighted by atomic mass is 9.73. The summed E-state index contributed by atoms with van der Waals surface area (Å²) in [6.07, 6.45) is 19.3. The molecule has 0 saturated heterocycles. The highest BCUT2D eigenvalue weighted by molar-refractivity contribution is 6.03. The smallest absolute Gasteiger partial charge is 0.142 e. The molecule has 2 nitrogen and oxygen atoms in total. The molecule has 7 aromatic rings. The minimum atomic E-state index is 0.133. The minimum absolute atomic E-state index is 0.133. The first-order chi connectivity index (χ1) is 26.8. The number of allylic oxidation sites excluding steroid dienone is 7. The Kier molecular flexibility index (Phi) is 8.15. The molecule has 6 aromatic carbocycles. The van der Waals surface area contributed by atoms with Crippen molar-refractivity contribution in [2.75, 3.05) is 4.90 Å². The zero-order valence-corrected chi connectivity index (χ0v) is 29.9. The van der Waals surface area contributed by atoms with E-state index in [0.717, 1.165) is 28.7 Å². The van der Waals surface area contributed by atoms with Crippen LogP contribution in [0.3, 0.4) is 0 Å². The fourth-order valence-corrected chi connectivity index (χ4v) is 8.56. The number of benzene rings is 6. The molecule has 0 aliphatic heterocycles. The Bertz CT molecular complexity index is 2620. The molecule has 0 bridgehead atoms. The molecule has 3 aliphatic carbocycles. The standard InChI is InChI=1S/C52H39NO/c1-4-15-36(16-5-1)40-21-12-23-43(33-40)53(44-24-13-22-41(34-44)37-17-6-2-7-18-37)42-31-29-39(30-32-42)49-35-50-48-28-14-27-45(38-19-8-3-9-20-38)51(48)54-52(50)47-26-11-10-25-46(47)49/h1-23,25-35,44,46-47H,24H2. The summed E-state index contributed by atoms with van der Waals surface area (Å²) in [5.74, 6) is 1.37. The molecule has 258 valence electrons. The second kappa shape index (κ2) is 13.7. The maximum Gasteiger partial charge on any atom is 0.142 e. The van der Waals surface area contributed by atoms with E-state index in [1.807, 2.05) is 0 Å². The Labute approximate surface area is 317 Å². The van der Waals surface area contributed by atoms with E-state index in [4.69, 9.17) is 4.42 Å². The van der Waals surface area contributed by atoms with Crippen LogP contribution in [0.15, 0.2) is 205 Å². The molecule has 0 amide bonds. The number of para-hydroxylation sites is 1. The topological polar surface area (TPSA) is 16.4 Å². The Hall–Kier alpha value is -6.64. The molecule has 3 aliphatic rings. The molecule has 3 unspecified atom stereocenters. The second-order valence-electron chi connectivity index (χ2n) is 14.4. The lowest BCUT2D eigenvalue weighted by molar-refractivity contribution is 0.497. The van der Waals surface area contributed by atoms with E-state index >= 15 is 0 Å². The Morgan fingerprint density at radius 3 is 1.96 bits per heavy atom. The zero-order valence-electron chi connectivity index (χ0n) is 29.9. The van der Waals surface area contributed by atoms with Gasteiger partial charge in [-0.2, -0.15) is 0 Å². The Balaban J connectivity index is 1.07. The molecule has 1 aromatic heterocycles. The van der Waals surface area contributed by atoms with E-state index in [0.29, 0.717) is 0 Å². The molecular weight excluding hydrogens is 655 g/mol. The fourth-order valence-electron chi connectivity index (χ4n) is 8.56. The number of hydrogen-bond donors (Lipinski definition) is 0. The average molecular weight is 694 g/mol. The molecule has 0 saturated carbocycles. The first-order valence-electron chi connectivity index (χ1n) is 18.9. The summed E-state index contributed by atoms with van der Waals surface area (Å²) >= 11 is 0. The van der Waals surface area contributed by atoms with Gasteiger partial charge < -0.3 is 9.32 Å². The van der Waals surface area contributed by atoms with Gasteiger partial charge in [0.1, 0.15) is 11.3 Å². The van der Waals surface area contributed by atoms with E-state index in [2.05, 4.69) is 211 Å². The van der Waals surface area contributed by atoms with Gasteiger partial charge in [-0.3, -0.25) is 0 Å². The van der Waals surface area contributed by atoms with E-state index in [9.17, 15) is 0 Å². The largest absolute Gasteiger partial charge is 0.459 e. The van der Waals surface area contributed by atoms with Crippen LogP contribution in [-0.2, 0) is 0 Å². The van der Waals surface area contributed by atoms with E-state index in [1.54, 1.807) is 0 Å². The van der Waals surface area contributed by atoms with Gasteiger partial charge in [0, 0.05) is 39.7 Å². The first-order valence-corrected chi connectivity index (χ1v) is 18.9.